The van der Waals surface area contributed by atoms with Crippen molar-refractivity contribution < 1.29 is 4.42 Å². The Hall–Kier alpha value is -8.02. The Morgan fingerprint density at radius 1 is 0.484 bits per heavy atom. The first-order valence-electron chi connectivity index (χ1n) is 21.2. The smallest absolute Gasteiger partial charge is 0.169 e. The number of hydrogen-bond donors (Lipinski definition) is 1. The van der Waals surface area contributed by atoms with Gasteiger partial charge in [0.2, 0.25) is 0 Å². The fraction of sp³-hybridized carbons (Fsp3) is 0.0526. The van der Waals surface area contributed by atoms with Gasteiger partial charge in [-0.05, 0) is 87.0 Å². The summed E-state index contributed by atoms with van der Waals surface area (Å²) in [6.45, 7) is 0. The maximum absolute atomic E-state index is 6.76. The molecule has 0 bridgehead atoms. The molecule has 62 heavy (non-hydrogen) atoms. The highest BCUT2D eigenvalue weighted by Gasteiger charge is 2.44. The van der Waals surface area contributed by atoms with Gasteiger partial charge in [0.15, 0.2) is 6.17 Å². The number of nitrogens with zero attached hydrogens (tertiary/aromatic N) is 3. The Morgan fingerprint density at radius 2 is 1.06 bits per heavy atom. The van der Waals surface area contributed by atoms with E-state index < -0.39 is 6.17 Å². The Balaban J connectivity index is 0.944. The van der Waals surface area contributed by atoms with Crippen molar-refractivity contribution >= 4 is 40.1 Å². The highest BCUT2D eigenvalue weighted by Crippen LogP contribution is 2.54. The summed E-state index contributed by atoms with van der Waals surface area (Å²) < 4.78 is 6.76. The molecule has 3 atom stereocenters. The number of anilines is 2. The lowest BCUT2D eigenvalue weighted by Crippen LogP contribution is -2.36. The molecule has 3 aliphatic rings. The number of benzene rings is 8. The minimum absolute atomic E-state index is 0.0284. The lowest BCUT2D eigenvalue weighted by Gasteiger charge is -2.30. The molecule has 1 N–H and O–H groups in total. The van der Waals surface area contributed by atoms with Crippen molar-refractivity contribution in [2.45, 2.75) is 18.1 Å². The molecule has 0 fully saturated rings. The first-order valence-corrected chi connectivity index (χ1v) is 21.2. The van der Waals surface area contributed by atoms with Crippen LogP contribution in [0.3, 0.4) is 0 Å². The van der Waals surface area contributed by atoms with Crippen LogP contribution in [0.5, 0.6) is 0 Å². The third-order valence-corrected chi connectivity index (χ3v) is 12.5. The number of nitrogens with one attached hydrogen (secondary N) is 1. The number of aliphatic imine (C=N–C) groups is 2. The zero-order valence-corrected chi connectivity index (χ0v) is 33.8. The highest BCUT2D eigenvalue weighted by atomic mass is 16.3. The topological polar surface area (TPSA) is 53.1 Å². The Labute approximate surface area is 360 Å². The van der Waals surface area contributed by atoms with E-state index in [-0.39, 0.29) is 12.0 Å². The zero-order chi connectivity index (χ0) is 41.0. The van der Waals surface area contributed by atoms with Crippen LogP contribution in [0.25, 0.3) is 50.4 Å². The third kappa shape index (κ3) is 6.17. The number of fused-ring (bicyclic) bond motifs is 7. The summed E-state index contributed by atoms with van der Waals surface area (Å²) in [4.78, 5) is 13.1. The van der Waals surface area contributed by atoms with Crippen molar-refractivity contribution in [3.63, 3.8) is 0 Å². The van der Waals surface area contributed by atoms with E-state index in [1.54, 1.807) is 0 Å². The van der Waals surface area contributed by atoms with Crippen molar-refractivity contribution in [3.05, 3.63) is 246 Å². The van der Waals surface area contributed by atoms with Crippen molar-refractivity contribution in [1.29, 1.82) is 0 Å². The van der Waals surface area contributed by atoms with Gasteiger partial charge in [0.25, 0.3) is 0 Å². The van der Waals surface area contributed by atoms with Gasteiger partial charge in [-0.1, -0.05) is 176 Å². The second-order valence-corrected chi connectivity index (χ2v) is 16.1. The fourth-order valence-corrected chi connectivity index (χ4v) is 9.62. The first-order chi connectivity index (χ1) is 30.7. The van der Waals surface area contributed by atoms with Crippen LogP contribution in [-0.4, -0.2) is 17.7 Å². The number of para-hydroxylation sites is 1. The Bertz CT molecular complexity index is 3220. The minimum atomic E-state index is -0.456. The molecule has 2 aliphatic heterocycles. The quantitative estimate of drug-likeness (QED) is 0.175. The average Bonchev–Trinajstić information content (AvgIpc) is 3.91. The highest BCUT2D eigenvalue weighted by molar-refractivity contribution is 6.20. The van der Waals surface area contributed by atoms with Gasteiger partial charge in [0, 0.05) is 39.4 Å². The molecule has 3 heterocycles. The van der Waals surface area contributed by atoms with Gasteiger partial charge in [0.05, 0.1) is 6.04 Å². The Kier molecular flexibility index (Phi) is 8.63. The van der Waals surface area contributed by atoms with Crippen molar-refractivity contribution in [2.24, 2.45) is 9.98 Å². The van der Waals surface area contributed by atoms with E-state index in [1.807, 2.05) is 12.1 Å². The van der Waals surface area contributed by atoms with Crippen molar-refractivity contribution in [1.82, 2.24) is 5.32 Å². The van der Waals surface area contributed by atoms with Crippen LogP contribution in [0, 0.1) is 0 Å². The molecule has 0 spiro atoms. The molecule has 5 nitrogen and oxygen atoms in total. The van der Waals surface area contributed by atoms with Crippen molar-refractivity contribution in [2.75, 3.05) is 4.90 Å². The van der Waals surface area contributed by atoms with E-state index in [1.165, 1.54) is 39.1 Å². The van der Waals surface area contributed by atoms with Crippen LogP contribution in [0.4, 0.5) is 11.4 Å². The molecule has 0 radical (unpaired) electrons. The molecule has 0 saturated heterocycles. The van der Waals surface area contributed by atoms with Crippen LogP contribution in [0.2, 0.25) is 0 Å². The summed E-state index contributed by atoms with van der Waals surface area (Å²) in [7, 11) is 0. The summed E-state index contributed by atoms with van der Waals surface area (Å²) in [5, 5.41) is 4.77. The van der Waals surface area contributed by atoms with Crippen LogP contribution in [0.15, 0.2) is 227 Å². The molecule has 0 saturated carbocycles. The number of amidine groups is 2. The normalized spacial score (nSPS) is 17.4. The maximum atomic E-state index is 6.76. The van der Waals surface area contributed by atoms with Crippen LogP contribution in [-0.2, 0) is 0 Å². The summed E-state index contributed by atoms with van der Waals surface area (Å²) >= 11 is 0. The Morgan fingerprint density at radius 3 is 1.79 bits per heavy atom. The maximum Gasteiger partial charge on any atom is 0.169 e. The van der Waals surface area contributed by atoms with E-state index >= 15 is 0 Å². The minimum Gasteiger partial charge on any atom is -0.456 e. The molecule has 12 rings (SSSR count). The molecule has 5 heteroatoms. The second-order valence-electron chi connectivity index (χ2n) is 16.1. The monoisotopic (exact) mass is 796 g/mol. The fourth-order valence-electron chi connectivity index (χ4n) is 9.62. The summed E-state index contributed by atoms with van der Waals surface area (Å²) in [5.74, 6) is 2.47. The van der Waals surface area contributed by atoms with E-state index in [9.17, 15) is 0 Å². The van der Waals surface area contributed by atoms with Crippen LogP contribution in [0.1, 0.15) is 45.7 Å². The predicted octanol–water partition coefficient (Wildman–Crippen LogP) is 13.6. The lowest BCUT2D eigenvalue weighted by molar-refractivity contribution is 0.584. The first kappa shape index (κ1) is 35.9. The number of hydrogen-bond acceptors (Lipinski definition) is 5. The standard InChI is InChI=1S/C57H40N4O/c1-4-15-37(16-5-1)41-21-12-22-42(35-41)39-29-31-45(32-30-39)61-48-27-11-10-25-46(48)52-49(61)33-34-51-54(52)53-47(26-14-28-50(53)62-51)57-59-55(40-19-8-3-9-20-40)58-56(60-57)44-24-13-23-43(36-44)38-17-6-2-7-18-38/h1-36,49,52,56H,(H,58,59,60). The average molecular weight is 797 g/mol. The van der Waals surface area contributed by atoms with Gasteiger partial charge in [-0.25, -0.2) is 9.98 Å². The van der Waals surface area contributed by atoms with Crippen molar-refractivity contribution in [3.8, 4) is 33.4 Å². The molecule has 8 aromatic carbocycles. The van der Waals surface area contributed by atoms with E-state index in [0.29, 0.717) is 0 Å². The second kappa shape index (κ2) is 14.9. The molecule has 0 amide bonds. The third-order valence-electron chi connectivity index (χ3n) is 12.5. The molecule has 1 aromatic heterocycles. The van der Waals surface area contributed by atoms with Gasteiger partial charge in [-0.15, -0.1) is 0 Å². The van der Waals surface area contributed by atoms with E-state index in [0.717, 1.165) is 61.9 Å². The molecular formula is C57H40N4O. The molecule has 1 aliphatic carbocycles. The molecule has 294 valence electrons. The summed E-state index contributed by atoms with van der Waals surface area (Å²) in [6, 6.07) is 73.0. The van der Waals surface area contributed by atoms with Gasteiger partial charge in [-0.2, -0.15) is 0 Å². The predicted molar refractivity (Wildman–Crippen MR) is 254 cm³/mol. The molecule has 9 aromatic rings. The largest absolute Gasteiger partial charge is 0.456 e. The van der Waals surface area contributed by atoms with E-state index in [4.69, 9.17) is 14.4 Å². The lowest BCUT2D eigenvalue weighted by atomic mass is 9.81. The van der Waals surface area contributed by atoms with Gasteiger partial charge in [-0.3, -0.25) is 0 Å². The number of rotatable bonds is 7. The van der Waals surface area contributed by atoms with Gasteiger partial charge < -0.3 is 14.6 Å². The zero-order valence-electron chi connectivity index (χ0n) is 33.8. The summed E-state index contributed by atoms with van der Waals surface area (Å²) in [6.07, 6.45) is 4.04. The molecular weight excluding hydrogens is 757 g/mol. The SMILES string of the molecule is C1=CC2C(c3ccccc3N2c2ccc(-c3cccc(-c4ccccc4)c3)cc2)c2c1oc1cccc(C3=NC(c4cccc(-c5ccccc5)c4)N=C(c4ccccc4)N3)c21. The number of furan rings is 1. The van der Waals surface area contributed by atoms with Gasteiger partial charge >= 0.3 is 0 Å². The van der Waals surface area contributed by atoms with E-state index in [2.05, 4.69) is 216 Å². The van der Waals surface area contributed by atoms with Crippen LogP contribution < -0.4 is 10.2 Å². The van der Waals surface area contributed by atoms with Crippen LogP contribution >= 0.6 is 0 Å². The summed E-state index contributed by atoms with van der Waals surface area (Å²) in [5.41, 5.74) is 15.8. The molecule has 3 unspecified atom stereocenters. The van der Waals surface area contributed by atoms with Gasteiger partial charge in [0.1, 0.15) is 23.0 Å².